The lowest BCUT2D eigenvalue weighted by Crippen LogP contribution is -2.64. The number of benzene rings is 2. The van der Waals surface area contributed by atoms with E-state index >= 15 is 0 Å². The molecule has 3 saturated heterocycles. The Labute approximate surface area is 213 Å². The number of fused-ring (bicyclic) bond motifs is 3. The summed E-state index contributed by atoms with van der Waals surface area (Å²) in [5.74, 6) is -2.96. The predicted octanol–water partition coefficient (Wildman–Crippen LogP) is 0.864. The molecule has 3 aliphatic heterocycles. The van der Waals surface area contributed by atoms with Crippen molar-refractivity contribution in [2.45, 2.75) is 42.3 Å². The van der Waals surface area contributed by atoms with Crippen molar-refractivity contribution in [2.75, 3.05) is 26.2 Å². The van der Waals surface area contributed by atoms with Crippen molar-refractivity contribution in [3.63, 3.8) is 0 Å². The summed E-state index contributed by atoms with van der Waals surface area (Å²) >= 11 is 6.05. The number of carbonyl (C=O) groups excluding carboxylic acids is 3. The molecule has 3 aliphatic rings. The molecule has 5 rings (SSSR count). The highest BCUT2D eigenvalue weighted by molar-refractivity contribution is 7.89. The second-order valence-electron chi connectivity index (χ2n) is 9.62. The molecule has 0 unspecified atom stereocenters. The molecule has 192 valence electrons. The van der Waals surface area contributed by atoms with Crippen molar-refractivity contribution in [3.8, 4) is 0 Å². The number of halogens is 1. The third-order valence-electron chi connectivity index (χ3n) is 7.56. The van der Waals surface area contributed by atoms with Gasteiger partial charge in [-0.3, -0.25) is 14.4 Å². The number of nitrogens with zero attached hydrogens (tertiary/aromatic N) is 2. The van der Waals surface area contributed by atoms with Crippen molar-refractivity contribution in [1.29, 1.82) is 0 Å². The van der Waals surface area contributed by atoms with Crippen LogP contribution in [0.1, 0.15) is 19.8 Å². The van der Waals surface area contributed by atoms with Gasteiger partial charge >= 0.3 is 0 Å². The largest absolute Gasteiger partial charge is 0.374 e. The number of morpholine rings is 1. The second kappa shape index (κ2) is 8.98. The van der Waals surface area contributed by atoms with E-state index in [9.17, 15) is 22.8 Å². The van der Waals surface area contributed by atoms with Crippen LogP contribution in [0.2, 0.25) is 5.02 Å². The van der Waals surface area contributed by atoms with Crippen LogP contribution in [-0.2, 0) is 29.1 Å². The molecule has 3 amide bonds. The number of likely N-dealkylation sites (tertiary alicyclic amines) is 1. The van der Waals surface area contributed by atoms with Gasteiger partial charge in [0.25, 0.3) is 0 Å². The van der Waals surface area contributed by atoms with Crippen molar-refractivity contribution < 1.29 is 27.5 Å². The van der Waals surface area contributed by atoms with Gasteiger partial charge in [-0.1, -0.05) is 30.7 Å². The topological polar surface area (TPSA) is 139 Å². The molecular formula is C24H27ClN4O6S. The van der Waals surface area contributed by atoms with Crippen LogP contribution in [0.25, 0.3) is 10.8 Å². The third-order valence-corrected chi connectivity index (χ3v) is 9.68. The Bertz CT molecular complexity index is 1370. The fourth-order valence-corrected chi connectivity index (χ4v) is 7.70. The first-order valence-corrected chi connectivity index (χ1v) is 13.6. The van der Waals surface area contributed by atoms with Crippen LogP contribution in [0.4, 0.5) is 0 Å². The lowest BCUT2D eigenvalue weighted by atomic mass is 9.82. The summed E-state index contributed by atoms with van der Waals surface area (Å²) in [6.45, 7) is 1.76. The minimum Gasteiger partial charge on any atom is -0.374 e. The molecule has 36 heavy (non-hydrogen) atoms. The maximum absolute atomic E-state index is 14.1. The van der Waals surface area contributed by atoms with Crippen molar-refractivity contribution in [2.24, 2.45) is 11.7 Å². The highest BCUT2D eigenvalue weighted by Crippen LogP contribution is 2.40. The van der Waals surface area contributed by atoms with Crippen LogP contribution < -0.4 is 11.1 Å². The molecule has 0 saturated carbocycles. The van der Waals surface area contributed by atoms with E-state index in [-0.39, 0.29) is 35.9 Å². The zero-order chi connectivity index (χ0) is 25.8. The molecule has 0 aliphatic carbocycles. The average molecular weight is 535 g/mol. The molecule has 3 fully saturated rings. The molecule has 0 radical (unpaired) electrons. The van der Waals surface area contributed by atoms with E-state index in [0.717, 1.165) is 9.69 Å². The molecular weight excluding hydrogens is 508 g/mol. The average Bonchev–Trinajstić information content (AvgIpc) is 3.57. The standard InChI is InChI=1S/C24H27ClN4O6S/c1-14(22(31)28-11-19-10-18(28)13-35-19)24(6-7-27-23(24)32)29(12-21(26)30)36(33,34)20-5-3-15-8-17(25)4-2-16(15)9-20/h2-5,8-9,14,18-19H,6-7,10-13H2,1H3,(H2,26,30)(H,27,32)/t14-,18+,19+,24+/m1/s1. The summed E-state index contributed by atoms with van der Waals surface area (Å²) < 4.78 is 34.5. The smallest absolute Gasteiger partial charge is 0.244 e. The van der Waals surface area contributed by atoms with E-state index in [0.29, 0.717) is 30.0 Å². The van der Waals surface area contributed by atoms with Gasteiger partial charge < -0.3 is 20.7 Å². The Kier molecular flexibility index (Phi) is 6.22. The zero-order valence-corrected chi connectivity index (χ0v) is 21.2. The first kappa shape index (κ1) is 24.9. The van der Waals surface area contributed by atoms with E-state index < -0.39 is 39.8 Å². The summed E-state index contributed by atoms with van der Waals surface area (Å²) in [4.78, 5) is 40.8. The van der Waals surface area contributed by atoms with Crippen LogP contribution in [-0.4, -0.2) is 79.3 Å². The molecule has 0 spiro atoms. The van der Waals surface area contributed by atoms with Gasteiger partial charge in [0.05, 0.1) is 36.1 Å². The van der Waals surface area contributed by atoms with Gasteiger partial charge in [-0.05, 0) is 47.9 Å². The van der Waals surface area contributed by atoms with Crippen LogP contribution >= 0.6 is 11.6 Å². The van der Waals surface area contributed by atoms with Crippen LogP contribution in [0.15, 0.2) is 41.3 Å². The fraction of sp³-hybridized carbons (Fsp3) is 0.458. The van der Waals surface area contributed by atoms with Gasteiger partial charge in [-0.2, -0.15) is 4.31 Å². The van der Waals surface area contributed by atoms with Crippen LogP contribution in [0.3, 0.4) is 0 Å². The van der Waals surface area contributed by atoms with Crippen molar-refractivity contribution in [3.05, 3.63) is 41.4 Å². The quantitative estimate of drug-likeness (QED) is 0.540. The number of nitrogens with two attached hydrogens (primary N) is 1. The number of ether oxygens (including phenoxy) is 1. The van der Waals surface area contributed by atoms with E-state index in [1.54, 1.807) is 36.1 Å². The Morgan fingerprint density at radius 3 is 2.61 bits per heavy atom. The first-order chi connectivity index (χ1) is 17.0. The van der Waals surface area contributed by atoms with Crippen molar-refractivity contribution >= 4 is 50.1 Å². The number of hydrogen-bond acceptors (Lipinski definition) is 6. The molecule has 0 aromatic heterocycles. The zero-order valence-electron chi connectivity index (χ0n) is 19.6. The van der Waals surface area contributed by atoms with Gasteiger partial charge in [-0.15, -0.1) is 0 Å². The maximum Gasteiger partial charge on any atom is 0.244 e. The predicted molar refractivity (Wildman–Crippen MR) is 131 cm³/mol. The van der Waals surface area contributed by atoms with Gasteiger partial charge in [0, 0.05) is 18.1 Å². The molecule has 2 aromatic carbocycles. The maximum atomic E-state index is 14.1. The number of hydrogen-bond donors (Lipinski definition) is 2. The minimum atomic E-state index is -4.44. The Balaban J connectivity index is 1.59. The van der Waals surface area contributed by atoms with E-state index in [1.807, 2.05) is 0 Å². The highest BCUT2D eigenvalue weighted by atomic mass is 35.5. The molecule has 12 heteroatoms. The van der Waals surface area contributed by atoms with Crippen LogP contribution in [0.5, 0.6) is 0 Å². The summed E-state index contributed by atoms with van der Waals surface area (Å²) in [5.41, 5.74) is 3.67. The van der Waals surface area contributed by atoms with Gasteiger partial charge in [0.1, 0.15) is 5.54 Å². The van der Waals surface area contributed by atoms with Crippen LogP contribution in [0, 0.1) is 5.92 Å². The summed E-state index contributed by atoms with van der Waals surface area (Å²) in [6, 6.07) is 9.37. The Morgan fingerprint density at radius 1 is 1.28 bits per heavy atom. The minimum absolute atomic E-state index is 0.0207. The highest BCUT2D eigenvalue weighted by Gasteiger charge is 2.59. The number of amides is 3. The Morgan fingerprint density at radius 2 is 2.00 bits per heavy atom. The number of sulfonamides is 1. The lowest BCUT2D eigenvalue weighted by Gasteiger charge is -2.42. The molecule has 2 aromatic rings. The van der Waals surface area contributed by atoms with Gasteiger partial charge in [-0.25, -0.2) is 8.42 Å². The molecule has 3 heterocycles. The second-order valence-corrected chi connectivity index (χ2v) is 11.9. The van der Waals surface area contributed by atoms with Gasteiger partial charge in [0.15, 0.2) is 0 Å². The van der Waals surface area contributed by atoms with E-state index in [4.69, 9.17) is 22.1 Å². The van der Waals surface area contributed by atoms with Crippen molar-refractivity contribution in [1.82, 2.24) is 14.5 Å². The third kappa shape index (κ3) is 3.94. The number of carbonyl (C=O) groups is 3. The number of primary amides is 1. The summed E-state index contributed by atoms with van der Waals surface area (Å²) in [6.07, 6.45) is 0.672. The summed E-state index contributed by atoms with van der Waals surface area (Å²) in [5, 5.41) is 4.52. The normalized spacial score (nSPS) is 26.5. The Hall–Kier alpha value is -2.73. The van der Waals surface area contributed by atoms with E-state index in [2.05, 4.69) is 5.32 Å². The SMILES string of the molecule is C[C@H](C(=O)N1C[C@@H]2C[C@H]1CO2)[C@@]1(N(CC(N)=O)S(=O)(=O)c2ccc3cc(Cl)ccc3c2)CCNC1=O. The molecule has 3 N–H and O–H groups in total. The van der Waals surface area contributed by atoms with Gasteiger partial charge in [0.2, 0.25) is 27.7 Å². The lowest BCUT2D eigenvalue weighted by molar-refractivity contribution is -0.149. The molecule has 2 bridgehead atoms. The summed E-state index contributed by atoms with van der Waals surface area (Å²) in [7, 11) is -4.44. The fourth-order valence-electron chi connectivity index (χ4n) is 5.69. The monoisotopic (exact) mass is 534 g/mol. The van der Waals surface area contributed by atoms with E-state index in [1.165, 1.54) is 12.1 Å². The first-order valence-electron chi connectivity index (χ1n) is 11.7. The number of nitrogens with one attached hydrogen (secondary N) is 1. The molecule has 4 atom stereocenters. The number of rotatable bonds is 7. The molecule has 10 nitrogen and oxygen atoms in total.